The minimum atomic E-state index is -4.60. The third kappa shape index (κ3) is 6.89. The molecular weight excluding hydrogens is 557 g/mol. The molecule has 2 N–H and O–H groups in total. The average Bonchev–Trinajstić information content (AvgIpc) is 2.89. The Hall–Kier alpha value is -3.47. The summed E-state index contributed by atoms with van der Waals surface area (Å²) in [6.45, 7) is 0. The van der Waals surface area contributed by atoms with Gasteiger partial charge in [-0.15, -0.1) is 11.8 Å². The van der Waals surface area contributed by atoms with Gasteiger partial charge in [0.1, 0.15) is 5.25 Å². The number of carbonyl (C=O) groups is 1. The number of anilines is 2. The number of rotatable bonds is 8. The number of amides is 1. The second kappa shape index (κ2) is 11.5. The largest absolute Gasteiger partial charge is 0.416 e. The van der Waals surface area contributed by atoms with Crippen LogP contribution in [0.4, 0.5) is 24.5 Å². The molecule has 5 nitrogen and oxygen atoms in total. The second-order valence-electron chi connectivity index (χ2n) is 8.03. The highest BCUT2D eigenvalue weighted by Crippen LogP contribution is 2.39. The van der Waals surface area contributed by atoms with Gasteiger partial charge in [-0.25, -0.2) is 8.42 Å². The summed E-state index contributed by atoms with van der Waals surface area (Å²) in [5.74, 6) is -0.573. The first-order valence-corrected chi connectivity index (χ1v) is 13.8. The van der Waals surface area contributed by atoms with E-state index >= 15 is 0 Å². The highest BCUT2D eigenvalue weighted by molar-refractivity contribution is 8.00. The fraction of sp³-hybridized carbons (Fsp3) is 0.0741. The molecule has 38 heavy (non-hydrogen) atoms. The molecule has 4 aromatic rings. The smallest absolute Gasteiger partial charge is 0.323 e. The second-order valence-corrected chi connectivity index (χ2v) is 11.3. The predicted molar refractivity (Wildman–Crippen MR) is 144 cm³/mol. The minimum absolute atomic E-state index is 0.0294. The van der Waals surface area contributed by atoms with Crippen molar-refractivity contribution in [1.82, 2.24) is 0 Å². The van der Waals surface area contributed by atoms with Crippen LogP contribution in [-0.2, 0) is 21.0 Å². The van der Waals surface area contributed by atoms with Crippen LogP contribution in [0.2, 0.25) is 5.02 Å². The van der Waals surface area contributed by atoms with Gasteiger partial charge < -0.3 is 5.32 Å². The van der Waals surface area contributed by atoms with Gasteiger partial charge in [0.2, 0.25) is 5.91 Å². The molecule has 0 saturated heterocycles. The Morgan fingerprint density at radius 3 is 2.05 bits per heavy atom. The maximum atomic E-state index is 13.3. The molecule has 11 heteroatoms. The van der Waals surface area contributed by atoms with Crippen LogP contribution in [-0.4, -0.2) is 14.3 Å². The molecular formula is C27H20ClF3N2O3S2. The normalized spacial score (nSPS) is 12.5. The molecule has 0 aromatic heterocycles. The van der Waals surface area contributed by atoms with Gasteiger partial charge in [-0.3, -0.25) is 9.52 Å². The molecule has 1 atom stereocenters. The number of hydrogen-bond acceptors (Lipinski definition) is 4. The molecule has 0 fully saturated rings. The van der Waals surface area contributed by atoms with E-state index in [9.17, 15) is 26.4 Å². The lowest BCUT2D eigenvalue weighted by atomic mass is 10.1. The summed E-state index contributed by atoms with van der Waals surface area (Å²) in [6.07, 6.45) is -4.60. The summed E-state index contributed by atoms with van der Waals surface area (Å²) < 4.78 is 67.2. The Morgan fingerprint density at radius 2 is 1.45 bits per heavy atom. The lowest BCUT2D eigenvalue weighted by Gasteiger charge is -2.19. The summed E-state index contributed by atoms with van der Waals surface area (Å²) in [4.78, 5) is 14.0. The summed E-state index contributed by atoms with van der Waals surface area (Å²) in [5.41, 5.74) is -0.144. The van der Waals surface area contributed by atoms with Crippen LogP contribution in [0.25, 0.3) is 0 Å². The third-order valence-corrected chi connectivity index (χ3v) is 8.30. The Labute approximate surface area is 227 Å². The summed E-state index contributed by atoms with van der Waals surface area (Å²) in [7, 11) is -3.77. The molecule has 4 rings (SSSR count). The van der Waals surface area contributed by atoms with Crippen LogP contribution < -0.4 is 10.0 Å². The Kier molecular flexibility index (Phi) is 8.35. The molecule has 1 amide bonds. The molecule has 0 heterocycles. The van der Waals surface area contributed by atoms with Gasteiger partial charge in [-0.2, -0.15) is 13.2 Å². The number of halogens is 4. The minimum Gasteiger partial charge on any atom is -0.323 e. The standard InChI is InChI=1S/C27H20ClF3N2O3S2/c28-23-16-11-19(27(29,30)31)17-24(23)32-26(34)25(18-7-3-1-4-8-18)37-21-14-12-20(13-15-21)33-38(35,36)22-9-5-2-6-10-22/h1-17,25,33H,(H,32,34). The van der Waals surface area contributed by atoms with Crippen molar-refractivity contribution in [3.05, 3.63) is 119 Å². The number of hydrogen-bond donors (Lipinski definition) is 2. The first-order chi connectivity index (χ1) is 18.0. The first kappa shape index (κ1) is 27.6. The van der Waals surface area contributed by atoms with Crippen molar-refractivity contribution in [3.8, 4) is 0 Å². The van der Waals surface area contributed by atoms with E-state index in [0.29, 0.717) is 16.1 Å². The quantitative estimate of drug-likeness (QED) is 0.211. The lowest BCUT2D eigenvalue weighted by Crippen LogP contribution is -2.19. The molecule has 196 valence electrons. The van der Waals surface area contributed by atoms with Crippen molar-refractivity contribution in [2.75, 3.05) is 10.0 Å². The highest BCUT2D eigenvalue weighted by Gasteiger charge is 2.31. The van der Waals surface area contributed by atoms with E-state index < -0.39 is 32.9 Å². The number of thioether (sulfide) groups is 1. The predicted octanol–water partition coefficient (Wildman–Crippen LogP) is 7.63. The average molecular weight is 577 g/mol. The molecule has 0 aliphatic rings. The number of alkyl halides is 3. The monoisotopic (exact) mass is 576 g/mol. The van der Waals surface area contributed by atoms with E-state index in [-0.39, 0.29) is 15.6 Å². The zero-order chi connectivity index (χ0) is 27.3. The van der Waals surface area contributed by atoms with Crippen LogP contribution in [0.1, 0.15) is 16.4 Å². The van der Waals surface area contributed by atoms with Crippen LogP contribution in [0.3, 0.4) is 0 Å². The maximum Gasteiger partial charge on any atom is 0.416 e. The van der Waals surface area contributed by atoms with Crippen LogP contribution in [0.15, 0.2) is 113 Å². The molecule has 0 bridgehead atoms. The molecule has 0 spiro atoms. The van der Waals surface area contributed by atoms with E-state index in [1.165, 1.54) is 12.1 Å². The molecule has 0 radical (unpaired) electrons. The zero-order valence-corrected chi connectivity index (χ0v) is 21.8. The number of sulfonamides is 1. The Bertz CT molecular complexity index is 1520. The molecule has 4 aromatic carbocycles. The first-order valence-electron chi connectivity index (χ1n) is 11.1. The van der Waals surface area contributed by atoms with E-state index in [4.69, 9.17) is 11.6 Å². The van der Waals surface area contributed by atoms with Crippen molar-refractivity contribution in [3.63, 3.8) is 0 Å². The van der Waals surface area contributed by atoms with Crippen molar-refractivity contribution >= 4 is 50.7 Å². The Balaban J connectivity index is 1.55. The van der Waals surface area contributed by atoms with Crippen molar-refractivity contribution in [1.29, 1.82) is 0 Å². The van der Waals surface area contributed by atoms with E-state index in [1.54, 1.807) is 72.8 Å². The molecule has 1 unspecified atom stereocenters. The molecule has 0 aliphatic heterocycles. The fourth-order valence-electron chi connectivity index (χ4n) is 3.45. The SMILES string of the molecule is O=C(Nc1cc(C(F)(F)F)ccc1Cl)C(Sc1ccc(NS(=O)(=O)c2ccccc2)cc1)c1ccccc1. The van der Waals surface area contributed by atoms with Crippen molar-refractivity contribution in [2.45, 2.75) is 21.2 Å². The number of nitrogens with one attached hydrogen (secondary N) is 2. The van der Waals surface area contributed by atoms with E-state index in [1.807, 2.05) is 0 Å². The summed E-state index contributed by atoms with van der Waals surface area (Å²) >= 11 is 7.22. The number of benzene rings is 4. The lowest BCUT2D eigenvalue weighted by molar-refractivity contribution is -0.137. The zero-order valence-electron chi connectivity index (χ0n) is 19.4. The Morgan fingerprint density at radius 1 is 0.842 bits per heavy atom. The molecule has 0 saturated carbocycles. The van der Waals surface area contributed by atoms with Gasteiger partial charge in [0.25, 0.3) is 10.0 Å². The number of carbonyl (C=O) groups excluding carboxylic acids is 1. The maximum absolute atomic E-state index is 13.3. The third-order valence-electron chi connectivity index (χ3n) is 5.31. The molecule has 0 aliphatic carbocycles. The van der Waals surface area contributed by atoms with Crippen LogP contribution in [0.5, 0.6) is 0 Å². The van der Waals surface area contributed by atoms with Crippen LogP contribution in [0, 0.1) is 0 Å². The highest BCUT2D eigenvalue weighted by atomic mass is 35.5. The van der Waals surface area contributed by atoms with Gasteiger partial charge in [0.05, 0.1) is 21.2 Å². The van der Waals surface area contributed by atoms with Gasteiger partial charge >= 0.3 is 6.18 Å². The topological polar surface area (TPSA) is 75.3 Å². The van der Waals surface area contributed by atoms with E-state index in [0.717, 1.165) is 30.0 Å². The summed E-state index contributed by atoms with van der Waals surface area (Å²) in [6, 6.07) is 25.8. The van der Waals surface area contributed by atoms with Gasteiger partial charge in [-0.1, -0.05) is 60.1 Å². The van der Waals surface area contributed by atoms with Crippen LogP contribution >= 0.6 is 23.4 Å². The van der Waals surface area contributed by atoms with Gasteiger partial charge in [-0.05, 0) is 60.2 Å². The van der Waals surface area contributed by atoms with Crippen molar-refractivity contribution in [2.24, 2.45) is 0 Å². The summed E-state index contributed by atoms with van der Waals surface area (Å²) in [5, 5.41) is 1.65. The van der Waals surface area contributed by atoms with Crippen molar-refractivity contribution < 1.29 is 26.4 Å². The van der Waals surface area contributed by atoms with E-state index in [2.05, 4.69) is 10.0 Å². The van der Waals surface area contributed by atoms with Gasteiger partial charge in [0, 0.05) is 10.6 Å². The fourth-order valence-corrected chi connectivity index (χ4v) is 5.72. The van der Waals surface area contributed by atoms with Gasteiger partial charge in [0.15, 0.2) is 0 Å².